The first-order valence-corrected chi connectivity index (χ1v) is 7.83. The van der Waals surface area contributed by atoms with E-state index in [1.165, 1.54) is 36.0 Å². The molecule has 0 bridgehead atoms. The molecular weight excluding hydrogens is 310 g/mol. The second kappa shape index (κ2) is 7.26. The zero-order chi connectivity index (χ0) is 14.4. The average Bonchev–Trinajstić information content (AvgIpc) is 2.48. The molecule has 0 spiro atoms. The first-order chi connectivity index (χ1) is 9.74. The van der Waals surface area contributed by atoms with Crippen LogP contribution in [0.25, 0.3) is 11.1 Å². The number of nitriles is 1. The van der Waals surface area contributed by atoms with E-state index in [0.717, 1.165) is 16.5 Å². The molecule has 0 unspecified atom stereocenters. The summed E-state index contributed by atoms with van der Waals surface area (Å²) >= 11 is 3.47. The summed E-state index contributed by atoms with van der Waals surface area (Å²) in [7, 11) is 0. The molecule has 0 atom stereocenters. The van der Waals surface area contributed by atoms with Gasteiger partial charge in [0.25, 0.3) is 0 Å². The Labute approximate surface area is 129 Å². The van der Waals surface area contributed by atoms with Crippen molar-refractivity contribution in [2.24, 2.45) is 0 Å². The van der Waals surface area contributed by atoms with Crippen molar-refractivity contribution in [1.82, 2.24) is 0 Å². The zero-order valence-corrected chi connectivity index (χ0v) is 13.3. The van der Waals surface area contributed by atoms with Gasteiger partial charge in [-0.05, 0) is 53.8 Å². The molecule has 102 valence electrons. The van der Waals surface area contributed by atoms with Crippen LogP contribution in [0.4, 0.5) is 0 Å². The third-order valence-electron chi connectivity index (χ3n) is 3.44. The second-order valence-electron chi connectivity index (χ2n) is 4.95. The van der Waals surface area contributed by atoms with E-state index in [2.05, 4.69) is 59.3 Å². The first kappa shape index (κ1) is 14.8. The Morgan fingerprint density at radius 3 is 2.45 bits per heavy atom. The van der Waals surface area contributed by atoms with Gasteiger partial charge in [-0.3, -0.25) is 0 Å². The molecule has 0 aliphatic heterocycles. The van der Waals surface area contributed by atoms with Crippen molar-refractivity contribution in [3.63, 3.8) is 0 Å². The lowest BCUT2D eigenvalue weighted by Gasteiger charge is -2.10. The van der Waals surface area contributed by atoms with Crippen LogP contribution >= 0.6 is 15.9 Å². The number of aryl methyl sites for hydroxylation is 1. The van der Waals surface area contributed by atoms with Gasteiger partial charge in [0.15, 0.2) is 0 Å². The van der Waals surface area contributed by atoms with E-state index in [4.69, 9.17) is 5.26 Å². The molecule has 0 saturated carbocycles. The number of benzene rings is 2. The summed E-state index contributed by atoms with van der Waals surface area (Å²) in [6.45, 7) is 2.21. The van der Waals surface area contributed by atoms with E-state index in [1.54, 1.807) is 0 Å². The number of hydrogen-bond acceptors (Lipinski definition) is 1. The molecule has 0 fully saturated rings. The Kier molecular flexibility index (Phi) is 5.38. The van der Waals surface area contributed by atoms with Crippen molar-refractivity contribution in [2.45, 2.75) is 32.6 Å². The predicted octanol–water partition coefficient (Wildman–Crippen LogP) is 5.72. The molecule has 0 amide bonds. The van der Waals surface area contributed by atoms with Crippen LogP contribution in [0.5, 0.6) is 0 Å². The summed E-state index contributed by atoms with van der Waals surface area (Å²) in [5.74, 6) is 0. The van der Waals surface area contributed by atoms with Crippen LogP contribution < -0.4 is 0 Å². The summed E-state index contributed by atoms with van der Waals surface area (Å²) in [6, 6.07) is 16.6. The lowest BCUT2D eigenvalue weighted by Crippen LogP contribution is -1.92. The Balaban J connectivity index is 2.35. The van der Waals surface area contributed by atoms with Gasteiger partial charge < -0.3 is 0 Å². The third kappa shape index (κ3) is 3.71. The average molecular weight is 328 g/mol. The maximum atomic E-state index is 9.08. The third-order valence-corrected chi connectivity index (χ3v) is 3.97. The minimum atomic E-state index is 0.748. The Morgan fingerprint density at radius 2 is 1.80 bits per heavy atom. The molecule has 20 heavy (non-hydrogen) atoms. The zero-order valence-electron chi connectivity index (χ0n) is 11.7. The molecule has 0 aliphatic rings. The van der Waals surface area contributed by atoms with E-state index in [1.807, 2.05) is 12.1 Å². The van der Waals surface area contributed by atoms with Gasteiger partial charge in [-0.1, -0.05) is 53.9 Å². The Morgan fingerprint density at radius 1 is 1.05 bits per heavy atom. The maximum absolute atomic E-state index is 9.08. The van der Waals surface area contributed by atoms with Crippen molar-refractivity contribution in [3.05, 3.63) is 58.1 Å². The summed E-state index contributed by atoms with van der Waals surface area (Å²) in [4.78, 5) is 0. The van der Waals surface area contributed by atoms with Crippen LogP contribution in [0.3, 0.4) is 0 Å². The highest BCUT2D eigenvalue weighted by Gasteiger charge is 2.06. The topological polar surface area (TPSA) is 23.8 Å². The van der Waals surface area contributed by atoms with Crippen molar-refractivity contribution in [3.8, 4) is 17.2 Å². The fourth-order valence-corrected chi connectivity index (χ4v) is 2.61. The SMILES string of the molecule is CCCCCc1cc(C#N)ccc1-c1ccc(Br)cc1. The first-order valence-electron chi connectivity index (χ1n) is 7.03. The Hall–Kier alpha value is -1.59. The van der Waals surface area contributed by atoms with Crippen LogP contribution in [0, 0.1) is 11.3 Å². The van der Waals surface area contributed by atoms with Crippen molar-refractivity contribution >= 4 is 15.9 Å². The molecular formula is C18H18BrN. The fourth-order valence-electron chi connectivity index (χ4n) is 2.35. The number of unbranched alkanes of at least 4 members (excludes halogenated alkanes) is 2. The highest BCUT2D eigenvalue weighted by Crippen LogP contribution is 2.27. The molecule has 0 saturated heterocycles. The smallest absolute Gasteiger partial charge is 0.0991 e. The number of hydrogen-bond donors (Lipinski definition) is 0. The second-order valence-corrected chi connectivity index (χ2v) is 5.86. The van der Waals surface area contributed by atoms with Crippen LogP contribution in [-0.2, 0) is 6.42 Å². The van der Waals surface area contributed by atoms with E-state index < -0.39 is 0 Å². The molecule has 1 nitrogen and oxygen atoms in total. The Bertz CT molecular complexity index is 608. The summed E-state index contributed by atoms with van der Waals surface area (Å²) in [5, 5.41) is 9.08. The highest BCUT2D eigenvalue weighted by molar-refractivity contribution is 9.10. The normalized spacial score (nSPS) is 10.2. The van der Waals surface area contributed by atoms with Gasteiger partial charge in [0.1, 0.15) is 0 Å². The van der Waals surface area contributed by atoms with E-state index >= 15 is 0 Å². The van der Waals surface area contributed by atoms with Gasteiger partial charge in [-0.2, -0.15) is 5.26 Å². The van der Waals surface area contributed by atoms with Crippen LogP contribution in [0.15, 0.2) is 46.9 Å². The van der Waals surface area contributed by atoms with E-state index in [0.29, 0.717) is 0 Å². The van der Waals surface area contributed by atoms with Gasteiger partial charge in [-0.25, -0.2) is 0 Å². The van der Waals surface area contributed by atoms with Crippen LogP contribution in [0.2, 0.25) is 0 Å². The molecule has 2 aromatic rings. The molecule has 0 radical (unpaired) electrons. The lowest BCUT2D eigenvalue weighted by atomic mass is 9.94. The van der Waals surface area contributed by atoms with Crippen molar-refractivity contribution in [2.75, 3.05) is 0 Å². The lowest BCUT2D eigenvalue weighted by molar-refractivity contribution is 0.718. The summed E-state index contributed by atoms with van der Waals surface area (Å²) in [5.41, 5.74) is 4.48. The largest absolute Gasteiger partial charge is 0.192 e. The van der Waals surface area contributed by atoms with Gasteiger partial charge in [-0.15, -0.1) is 0 Å². The van der Waals surface area contributed by atoms with E-state index in [9.17, 15) is 0 Å². The molecule has 2 heteroatoms. The van der Waals surface area contributed by atoms with Gasteiger partial charge in [0.05, 0.1) is 11.6 Å². The van der Waals surface area contributed by atoms with Gasteiger partial charge >= 0.3 is 0 Å². The molecule has 2 aromatic carbocycles. The van der Waals surface area contributed by atoms with Crippen LogP contribution in [0.1, 0.15) is 37.3 Å². The molecule has 2 rings (SSSR count). The van der Waals surface area contributed by atoms with Crippen molar-refractivity contribution < 1.29 is 0 Å². The molecule has 0 aromatic heterocycles. The van der Waals surface area contributed by atoms with Crippen LogP contribution in [-0.4, -0.2) is 0 Å². The number of halogens is 1. The molecule has 0 heterocycles. The number of nitrogens with zero attached hydrogens (tertiary/aromatic N) is 1. The molecule has 0 aliphatic carbocycles. The highest BCUT2D eigenvalue weighted by atomic mass is 79.9. The van der Waals surface area contributed by atoms with Gasteiger partial charge in [0.2, 0.25) is 0 Å². The minimum Gasteiger partial charge on any atom is -0.192 e. The fraction of sp³-hybridized carbons (Fsp3) is 0.278. The molecule has 0 N–H and O–H groups in total. The number of rotatable bonds is 5. The van der Waals surface area contributed by atoms with Crippen molar-refractivity contribution in [1.29, 1.82) is 5.26 Å². The standard InChI is InChI=1S/C18H18BrN/c1-2-3-4-5-16-12-14(13-20)6-11-18(16)15-7-9-17(19)10-8-15/h6-12H,2-5H2,1H3. The quantitative estimate of drug-likeness (QED) is 0.644. The monoisotopic (exact) mass is 327 g/mol. The summed E-state index contributed by atoms with van der Waals surface area (Å²) in [6.07, 6.45) is 4.66. The maximum Gasteiger partial charge on any atom is 0.0991 e. The summed E-state index contributed by atoms with van der Waals surface area (Å²) < 4.78 is 1.09. The van der Waals surface area contributed by atoms with Gasteiger partial charge in [0, 0.05) is 4.47 Å². The predicted molar refractivity (Wildman–Crippen MR) is 87.5 cm³/mol. The van der Waals surface area contributed by atoms with E-state index in [-0.39, 0.29) is 0 Å². The minimum absolute atomic E-state index is 0.748.